The van der Waals surface area contributed by atoms with Gasteiger partial charge in [-0.25, -0.2) is 4.79 Å². The summed E-state index contributed by atoms with van der Waals surface area (Å²) in [7, 11) is -0.462. The molecule has 2 unspecified atom stereocenters. The second-order valence-electron chi connectivity index (χ2n) is 8.07. The molecule has 0 saturated heterocycles. The second-order valence-corrected chi connectivity index (χ2v) is 10.8. The van der Waals surface area contributed by atoms with Gasteiger partial charge in [0, 0.05) is 0 Å². The fourth-order valence-corrected chi connectivity index (χ4v) is 4.61. The highest BCUT2D eigenvalue weighted by atomic mass is 79.9. The van der Waals surface area contributed by atoms with Crippen LogP contribution in [0.3, 0.4) is 0 Å². The van der Waals surface area contributed by atoms with E-state index in [0.29, 0.717) is 26.7 Å². The normalized spacial score (nSPS) is 13.9. The summed E-state index contributed by atoms with van der Waals surface area (Å²) in [5.41, 5.74) is 0.309. The molecule has 3 N–H and O–H groups in total. The molecule has 0 spiro atoms. The van der Waals surface area contributed by atoms with Crippen LogP contribution in [0, 0.1) is 5.92 Å². The SMILES string of the molecule is CCOC(=O)C(CC(C)C)NC(=O)c1cc(Oc2c(Br)cc(C(C)(O)P=O)cc2Br)ccc1O. The van der Waals surface area contributed by atoms with Crippen LogP contribution in [0.2, 0.25) is 0 Å². The van der Waals surface area contributed by atoms with Crippen molar-refractivity contribution >= 4 is 52.2 Å². The first kappa shape index (κ1) is 28.2. The molecule has 2 atom stereocenters. The third-order valence-corrected chi connectivity index (χ3v) is 6.53. The summed E-state index contributed by atoms with van der Waals surface area (Å²) in [5, 5.41) is 21.5. The van der Waals surface area contributed by atoms with Gasteiger partial charge in [0.05, 0.1) is 21.1 Å². The van der Waals surface area contributed by atoms with Crippen LogP contribution in [0.4, 0.5) is 0 Å². The Kier molecular flexibility index (Phi) is 10.1. The molecule has 1 amide bonds. The van der Waals surface area contributed by atoms with E-state index in [1.807, 2.05) is 13.8 Å². The number of amides is 1. The van der Waals surface area contributed by atoms with Gasteiger partial charge in [-0.3, -0.25) is 9.36 Å². The molecular formula is C23H26Br2NO7P. The van der Waals surface area contributed by atoms with Gasteiger partial charge in [-0.1, -0.05) is 13.8 Å². The van der Waals surface area contributed by atoms with Crippen molar-refractivity contribution in [1.29, 1.82) is 0 Å². The van der Waals surface area contributed by atoms with Crippen LogP contribution < -0.4 is 10.1 Å². The Morgan fingerprint density at radius 1 is 1.18 bits per heavy atom. The molecule has 0 heterocycles. The standard InChI is InChI=1S/C23H26Br2NO7P/c1-5-32-22(29)18(8-12(2)3)26-21(28)15-11-14(6-7-19(15)27)33-20-16(24)9-13(10-17(20)25)23(4,30)34-31/h6-7,9-12,18,27,30H,5,8H2,1-4H3,(H,26,28). The van der Waals surface area contributed by atoms with E-state index in [2.05, 4.69) is 37.2 Å². The Hall–Kier alpha value is -2.00. The predicted molar refractivity (Wildman–Crippen MR) is 135 cm³/mol. The van der Waals surface area contributed by atoms with Crippen molar-refractivity contribution in [2.45, 2.75) is 45.5 Å². The summed E-state index contributed by atoms with van der Waals surface area (Å²) >= 11 is 6.75. The summed E-state index contributed by atoms with van der Waals surface area (Å²) in [4.78, 5) is 25.1. The fraction of sp³-hybridized carbons (Fsp3) is 0.391. The molecule has 0 fully saturated rings. The van der Waals surface area contributed by atoms with E-state index < -0.39 is 31.7 Å². The maximum Gasteiger partial charge on any atom is 0.328 e. The zero-order chi connectivity index (χ0) is 25.6. The topological polar surface area (TPSA) is 122 Å². The van der Waals surface area contributed by atoms with Crippen molar-refractivity contribution in [3.8, 4) is 17.2 Å². The minimum Gasteiger partial charge on any atom is -0.507 e. The average molecular weight is 619 g/mol. The molecule has 0 aromatic heterocycles. The van der Waals surface area contributed by atoms with E-state index in [9.17, 15) is 24.4 Å². The van der Waals surface area contributed by atoms with E-state index in [1.165, 1.54) is 25.1 Å². The van der Waals surface area contributed by atoms with E-state index in [-0.39, 0.29) is 29.6 Å². The van der Waals surface area contributed by atoms with Gasteiger partial charge >= 0.3 is 5.97 Å². The number of hydrogen-bond acceptors (Lipinski definition) is 7. The van der Waals surface area contributed by atoms with Crippen LogP contribution in [-0.2, 0) is 19.4 Å². The number of esters is 1. The minimum atomic E-state index is -1.58. The van der Waals surface area contributed by atoms with E-state index >= 15 is 0 Å². The van der Waals surface area contributed by atoms with Gasteiger partial charge in [0.2, 0.25) is 0 Å². The number of benzene rings is 2. The molecule has 0 bridgehead atoms. The maximum absolute atomic E-state index is 12.9. The monoisotopic (exact) mass is 617 g/mol. The summed E-state index contributed by atoms with van der Waals surface area (Å²) in [6.45, 7) is 7.11. The zero-order valence-electron chi connectivity index (χ0n) is 19.1. The summed E-state index contributed by atoms with van der Waals surface area (Å²) in [6, 6.07) is 6.40. The molecule has 0 saturated carbocycles. The number of aromatic hydroxyl groups is 1. The number of ether oxygens (including phenoxy) is 2. The predicted octanol–water partition coefficient (Wildman–Crippen LogP) is 5.87. The molecule has 11 heteroatoms. The number of carbonyl (C=O) groups excluding carboxylic acids is 2. The number of carbonyl (C=O) groups is 2. The molecule has 184 valence electrons. The van der Waals surface area contributed by atoms with Gasteiger partial charge in [0.15, 0.2) is 19.6 Å². The molecule has 2 aromatic rings. The van der Waals surface area contributed by atoms with Crippen molar-refractivity contribution in [3.63, 3.8) is 0 Å². The van der Waals surface area contributed by atoms with Crippen molar-refractivity contribution in [3.05, 3.63) is 50.4 Å². The third kappa shape index (κ3) is 7.25. The van der Waals surface area contributed by atoms with Gasteiger partial charge < -0.3 is 25.0 Å². The number of phenolic OH excluding ortho intramolecular Hbond substituents is 1. The van der Waals surface area contributed by atoms with Crippen LogP contribution in [0.1, 0.15) is 50.0 Å². The molecule has 2 rings (SSSR count). The van der Waals surface area contributed by atoms with Crippen LogP contribution in [0.25, 0.3) is 0 Å². The van der Waals surface area contributed by atoms with Crippen molar-refractivity contribution in [2.75, 3.05) is 6.61 Å². The van der Waals surface area contributed by atoms with Gasteiger partial charge in [-0.2, -0.15) is 0 Å². The molecule has 8 nitrogen and oxygen atoms in total. The first-order chi connectivity index (χ1) is 15.9. The van der Waals surface area contributed by atoms with E-state index in [0.717, 1.165) is 0 Å². The number of nitrogens with one attached hydrogen (secondary N) is 1. The van der Waals surface area contributed by atoms with Crippen molar-refractivity contribution < 1.29 is 33.8 Å². The number of rotatable bonds is 10. The van der Waals surface area contributed by atoms with Crippen LogP contribution >= 0.6 is 40.3 Å². The van der Waals surface area contributed by atoms with Crippen LogP contribution in [0.5, 0.6) is 17.2 Å². The molecular weight excluding hydrogens is 593 g/mol. The zero-order valence-corrected chi connectivity index (χ0v) is 23.2. The molecule has 0 aliphatic rings. The second kappa shape index (κ2) is 12.1. The number of halogens is 2. The highest BCUT2D eigenvalue weighted by Gasteiger charge is 2.27. The van der Waals surface area contributed by atoms with E-state index in [4.69, 9.17) is 9.47 Å². The maximum atomic E-state index is 12.9. The lowest BCUT2D eigenvalue weighted by atomic mass is 10.0. The Morgan fingerprint density at radius 3 is 2.32 bits per heavy atom. The highest BCUT2D eigenvalue weighted by Crippen LogP contribution is 2.42. The van der Waals surface area contributed by atoms with Gasteiger partial charge in [-0.15, -0.1) is 0 Å². The Bertz CT molecular complexity index is 1050. The van der Waals surface area contributed by atoms with Crippen LogP contribution in [-0.4, -0.2) is 34.7 Å². The highest BCUT2D eigenvalue weighted by molar-refractivity contribution is 9.11. The average Bonchev–Trinajstić information content (AvgIpc) is 2.76. The van der Waals surface area contributed by atoms with Crippen molar-refractivity contribution in [1.82, 2.24) is 5.32 Å². The lowest BCUT2D eigenvalue weighted by Crippen LogP contribution is -2.42. The Balaban J connectivity index is 2.32. The molecule has 0 aliphatic carbocycles. The lowest BCUT2D eigenvalue weighted by molar-refractivity contribution is -0.145. The Morgan fingerprint density at radius 2 is 1.79 bits per heavy atom. The summed E-state index contributed by atoms with van der Waals surface area (Å²) < 4.78 is 23.1. The fourth-order valence-electron chi connectivity index (χ4n) is 3.03. The summed E-state index contributed by atoms with van der Waals surface area (Å²) in [5.74, 6) is -0.780. The van der Waals surface area contributed by atoms with Gasteiger partial charge in [-0.05, 0) is 93.9 Å². The number of aliphatic hydroxyl groups is 1. The minimum absolute atomic E-state index is 0.0764. The largest absolute Gasteiger partial charge is 0.507 e. The molecule has 34 heavy (non-hydrogen) atoms. The molecule has 0 aliphatic heterocycles. The number of phenols is 1. The molecule has 0 radical (unpaired) electrons. The first-order valence-corrected chi connectivity index (χ1v) is 12.8. The first-order valence-electron chi connectivity index (χ1n) is 10.4. The van der Waals surface area contributed by atoms with Gasteiger partial charge in [0.25, 0.3) is 5.91 Å². The Labute approximate surface area is 216 Å². The van der Waals surface area contributed by atoms with Crippen LogP contribution in [0.15, 0.2) is 39.3 Å². The number of hydrogen-bond donors (Lipinski definition) is 3. The summed E-state index contributed by atoms with van der Waals surface area (Å²) in [6.07, 6.45) is 0.375. The smallest absolute Gasteiger partial charge is 0.328 e. The molecule has 2 aromatic carbocycles. The quantitative estimate of drug-likeness (QED) is 0.225. The third-order valence-electron chi connectivity index (χ3n) is 4.74. The van der Waals surface area contributed by atoms with Gasteiger partial charge in [0.1, 0.15) is 17.5 Å². The van der Waals surface area contributed by atoms with Crippen molar-refractivity contribution in [2.24, 2.45) is 5.92 Å². The van der Waals surface area contributed by atoms with E-state index in [1.54, 1.807) is 19.1 Å². The lowest BCUT2D eigenvalue weighted by Gasteiger charge is -2.20.